The van der Waals surface area contributed by atoms with Gasteiger partial charge in [0.2, 0.25) is 0 Å². The van der Waals surface area contributed by atoms with Gasteiger partial charge in [0.1, 0.15) is 5.82 Å². The van der Waals surface area contributed by atoms with Crippen molar-refractivity contribution in [3.63, 3.8) is 0 Å². The van der Waals surface area contributed by atoms with Gasteiger partial charge >= 0.3 is 6.18 Å². The molecule has 140 valence electrons. The molecule has 1 saturated heterocycles. The molecule has 2 aromatic heterocycles. The maximum Gasteiger partial charge on any atom is 0.417 e. The molecule has 10 heteroatoms. The lowest BCUT2D eigenvalue weighted by Crippen LogP contribution is -2.26. The zero-order chi connectivity index (χ0) is 18.9. The zero-order valence-corrected chi connectivity index (χ0v) is 14.7. The van der Waals surface area contributed by atoms with Crippen LogP contribution in [0.3, 0.4) is 0 Å². The van der Waals surface area contributed by atoms with E-state index in [4.69, 9.17) is 11.6 Å². The van der Waals surface area contributed by atoms with Crippen LogP contribution in [-0.4, -0.2) is 34.4 Å². The summed E-state index contributed by atoms with van der Waals surface area (Å²) >= 11 is 5.90. The Bertz CT molecular complexity index is 855. The lowest BCUT2D eigenvalue weighted by molar-refractivity contribution is -0.137. The molecule has 1 fully saturated rings. The number of rotatable bonds is 4. The smallest absolute Gasteiger partial charge is 0.370 e. The molecule has 1 atom stereocenters. The number of aryl methyl sites for hydroxylation is 1. The van der Waals surface area contributed by atoms with Crippen LogP contribution in [-0.2, 0) is 13.2 Å². The van der Waals surface area contributed by atoms with Crippen LogP contribution in [0.15, 0.2) is 29.3 Å². The van der Waals surface area contributed by atoms with Crippen LogP contribution in [0, 0.1) is 5.92 Å². The van der Waals surface area contributed by atoms with Gasteiger partial charge in [0.15, 0.2) is 0 Å². The average molecular weight is 388 g/mol. The molecule has 1 N–H and O–H groups in total. The minimum atomic E-state index is -4.47. The summed E-state index contributed by atoms with van der Waals surface area (Å²) in [5.41, 5.74) is -0.288. The lowest BCUT2D eigenvalue weighted by atomic mass is 10.1. The van der Waals surface area contributed by atoms with Gasteiger partial charge in [-0.3, -0.25) is 4.79 Å². The molecule has 0 radical (unpaired) electrons. The van der Waals surface area contributed by atoms with Crippen LogP contribution < -0.4 is 15.8 Å². The van der Waals surface area contributed by atoms with Crippen LogP contribution in [0.2, 0.25) is 5.02 Å². The van der Waals surface area contributed by atoms with Gasteiger partial charge in [0, 0.05) is 38.9 Å². The average Bonchev–Trinajstić information content (AvgIpc) is 3.04. The van der Waals surface area contributed by atoms with Crippen molar-refractivity contribution >= 4 is 23.1 Å². The second kappa shape index (κ2) is 7.14. The first-order valence-corrected chi connectivity index (χ1v) is 8.37. The third-order valence-electron chi connectivity index (χ3n) is 4.33. The molecule has 0 bridgehead atoms. The van der Waals surface area contributed by atoms with Gasteiger partial charge in [0.25, 0.3) is 5.56 Å². The van der Waals surface area contributed by atoms with Crippen molar-refractivity contribution in [1.82, 2.24) is 14.8 Å². The minimum absolute atomic E-state index is 0.0644. The summed E-state index contributed by atoms with van der Waals surface area (Å²) in [6.07, 6.45) is -1.19. The Hall–Kier alpha value is -2.29. The molecule has 2 aromatic rings. The number of pyridine rings is 1. The molecule has 0 aliphatic carbocycles. The first kappa shape index (κ1) is 18.5. The van der Waals surface area contributed by atoms with E-state index in [2.05, 4.69) is 20.3 Å². The molecule has 6 nitrogen and oxygen atoms in total. The number of hydrogen-bond donors (Lipinski definition) is 1. The summed E-state index contributed by atoms with van der Waals surface area (Å²) in [7, 11) is 1.59. The van der Waals surface area contributed by atoms with E-state index in [0.717, 1.165) is 30.9 Å². The maximum atomic E-state index is 12.6. The third-order valence-corrected chi connectivity index (χ3v) is 4.62. The summed E-state index contributed by atoms with van der Waals surface area (Å²) in [6.45, 7) is 2.00. The molecule has 1 aliphatic heterocycles. The Morgan fingerprint density at radius 3 is 2.77 bits per heavy atom. The summed E-state index contributed by atoms with van der Waals surface area (Å²) in [6, 6.07) is 2.40. The van der Waals surface area contributed by atoms with Crippen molar-refractivity contribution in [2.24, 2.45) is 13.0 Å². The molecule has 3 heterocycles. The molecule has 0 saturated carbocycles. The van der Waals surface area contributed by atoms with Crippen LogP contribution in [0.1, 0.15) is 12.0 Å². The molecular weight excluding hydrogens is 371 g/mol. The van der Waals surface area contributed by atoms with Crippen molar-refractivity contribution in [1.29, 1.82) is 0 Å². The highest BCUT2D eigenvalue weighted by Crippen LogP contribution is 2.32. The monoisotopic (exact) mass is 387 g/mol. The predicted molar refractivity (Wildman–Crippen MR) is 92.5 cm³/mol. The van der Waals surface area contributed by atoms with E-state index in [9.17, 15) is 18.0 Å². The Kier molecular flexibility index (Phi) is 5.08. The fraction of sp³-hybridized carbons (Fsp3) is 0.438. The van der Waals surface area contributed by atoms with Crippen LogP contribution in [0.25, 0.3) is 0 Å². The van der Waals surface area contributed by atoms with Gasteiger partial charge in [-0.15, -0.1) is 0 Å². The molecule has 1 unspecified atom stereocenters. The third kappa shape index (κ3) is 4.09. The molecule has 0 aromatic carbocycles. The number of alkyl halides is 3. The van der Waals surface area contributed by atoms with Crippen molar-refractivity contribution in [3.8, 4) is 0 Å². The highest BCUT2D eigenvalue weighted by atomic mass is 35.5. The quantitative estimate of drug-likeness (QED) is 0.874. The van der Waals surface area contributed by atoms with Gasteiger partial charge in [-0.05, 0) is 18.4 Å². The minimum Gasteiger partial charge on any atom is -0.370 e. The van der Waals surface area contributed by atoms with Gasteiger partial charge in [0.05, 0.1) is 22.5 Å². The van der Waals surface area contributed by atoms with E-state index in [1.165, 1.54) is 10.7 Å². The number of aromatic nitrogens is 3. The second-order valence-corrected chi connectivity index (χ2v) is 6.62. The molecule has 1 aliphatic rings. The van der Waals surface area contributed by atoms with E-state index in [-0.39, 0.29) is 22.3 Å². The van der Waals surface area contributed by atoms with E-state index >= 15 is 0 Å². The maximum absolute atomic E-state index is 12.6. The summed E-state index contributed by atoms with van der Waals surface area (Å²) in [5.74, 6) is 0.479. The standard InChI is InChI=1S/C16H17ClF3N5O/c1-24-14(26)5-12(8-23-24)25-3-2-10(9-25)6-21-15-13(17)4-11(7-22-15)16(18,19)20/h4-5,7-8,10H,2-3,6,9H2,1H3,(H,21,22). The highest BCUT2D eigenvalue weighted by Gasteiger charge is 2.31. The Morgan fingerprint density at radius 1 is 1.35 bits per heavy atom. The summed E-state index contributed by atoms with van der Waals surface area (Å²) in [5, 5.41) is 6.95. The first-order chi connectivity index (χ1) is 12.2. The lowest BCUT2D eigenvalue weighted by Gasteiger charge is -2.18. The second-order valence-electron chi connectivity index (χ2n) is 6.21. The van der Waals surface area contributed by atoms with Gasteiger partial charge < -0.3 is 10.2 Å². The largest absolute Gasteiger partial charge is 0.417 e. The number of nitrogens with one attached hydrogen (secondary N) is 1. The normalized spacial score (nSPS) is 17.6. The number of halogens is 4. The molecule has 26 heavy (non-hydrogen) atoms. The van der Waals surface area contributed by atoms with Crippen molar-refractivity contribution in [3.05, 3.63) is 45.5 Å². The predicted octanol–water partition coefficient (Wildman–Crippen LogP) is 2.79. The van der Waals surface area contributed by atoms with Crippen LogP contribution >= 0.6 is 11.6 Å². The highest BCUT2D eigenvalue weighted by molar-refractivity contribution is 6.32. The van der Waals surface area contributed by atoms with Crippen molar-refractivity contribution in [2.75, 3.05) is 29.9 Å². The van der Waals surface area contributed by atoms with Crippen LogP contribution in [0.4, 0.5) is 24.7 Å². The molecular formula is C16H17ClF3N5O. The van der Waals surface area contributed by atoms with Crippen molar-refractivity contribution in [2.45, 2.75) is 12.6 Å². The van der Waals surface area contributed by atoms with E-state index < -0.39 is 11.7 Å². The van der Waals surface area contributed by atoms with E-state index in [1.54, 1.807) is 13.2 Å². The molecule has 0 spiro atoms. The summed E-state index contributed by atoms with van der Waals surface area (Å²) in [4.78, 5) is 17.5. The Balaban J connectivity index is 1.59. The van der Waals surface area contributed by atoms with Crippen molar-refractivity contribution < 1.29 is 13.2 Å². The SMILES string of the molecule is Cn1ncc(N2CCC(CNc3ncc(C(F)(F)F)cc3Cl)C2)cc1=O. The van der Waals surface area contributed by atoms with Gasteiger partial charge in [-0.1, -0.05) is 11.6 Å². The Morgan fingerprint density at radius 2 is 2.12 bits per heavy atom. The molecule has 3 rings (SSSR count). The van der Waals surface area contributed by atoms with Crippen LogP contribution in [0.5, 0.6) is 0 Å². The number of anilines is 2. The number of hydrogen-bond acceptors (Lipinski definition) is 5. The molecule has 0 amide bonds. The first-order valence-electron chi connectivity index (χ1n) is 7.99. The fourth-order valence-corrected chi connectivity index (χ4v) is 3.06. The topological polar surface area (TPSA) is 63.1 Å². The van der Waals surface area contributed by atoms with Gasteiger partial charge in [-0.2, -0.15) is 18.3 Å². The van der Waals surface area contributed by atoms with E-state index in [1.807, 2.05) is 0 Å². The zero-order valence-electron chi connectivity index (χ0n) is 13.9. The Labute approximate surface area is 152 Å². The summed E-state index contributed by atoms with van der Waals surface area (Å²) < 4.78 is 39.2. The van der Waals surface area contributed by atoms with E-state index in [0.29, 0.717) is 13.1 Å². The fourth-order valence-electron chi connectivity index (χ4n) is 2.83. The number of nitrogens with zero attached hydrogens (tertiary/aromatic N) is 4. The van der Waals surface area contributed by atoms with Gasteiger partial charge in [-0.25, -0.2) is 9.67 Å².